The van der Waals surface area contributed by atoms with Gasteiger partial charge in [-0.2, -0.15) is 0 Å². The first kappa shape index (κ1) is 16.0. The second-order valence-corrected chi connectivity index (χ2v) is 6.16. The van der Waals surface area contributed by atoms with Crippen LogP contribution < -0.4 is 0 Å². The average molecular weight is 352 g/mol. The number of halogens is 1. The van der Waals surface area contributed by atoms with Crippen LogP contribution in [0.25, 0.3) is 0 Å². The number of nitrogens with zero attached hydrogens (tertiary/aromatic N) is 2. The first-order chi connectivity index (χ1) is 12.4. The van der Waals surface area contributed by atoms with Crippen LogP contribution in [0, 0.1) is 5.82 Å². The van der Waals surface area contributed by atoms with E-state index in [4.69, 9.17) is 0 Å². The van der Waals surface area contributed by atoms with Crippen molar-refractivity contribution >= 4 is 11.6 Å². The van der Waals surface area contributed by atoms with Crippen molar-refractivity contribution in [3.8, 4) is 11.8 Å². The van der Waals surface area contributed by atoms with Crippen molar-refractivity contribution in [1.82, 2.24) is 9.55 Å². The van der Waals surface area contributed by atoms with Crippen LogP contribution in [0.4, 0.5) is 4.39 Å². The van der Waals surface area contributed by atoms with Crippen LogP contribution in [0.1, 0.15) is 43.1 Å². The molecule has 0 atom stereocenters. The normalized spacial score (nSPS) is 12.8. The van der Waals surface area contributed by atoms with E-state index < -0.39 is 23.3 Å². The molecule has 0 amide bonds. The SMILES string of the molecule is Cn1c(O)c2c(c1O)C(=O)c1ncc(Cc3ccc(F)cc3)cc1C2=O. The minimum absolute atomic E-state index is 0.0637. The van der Waals surface area contributed by atoms with Crippen molar-refractivity contribution in [2.45, 2.75) is 6.42 Å². The summed E-state index contributed by atoms with van der Waals surface area (Å²) in [5.41, 5.74) is 1.04. The molecule has 2 aromatic heterocycles. The minimum Gasteiger partial charge on any atom is -0.494 e. The molecule has 7 heteroatoms. The predicted molar refractivity (Wildman–Crippen MR) is 89.1 cm³/mol. The molecule has 0 aliphatic heterocycles. The van der Waals surface area contributed by atoms with E-state index in [1.165, 1.54) is 25.4 Å². The van der Waals surface area contributed by atoms with Gasteiger partial charge in [-0.15, -0.1) is 0 Å². The number of aromatic nitrogens is 2. The molecule has 2 N–H and O–H groups in total. The zero-order valence-corrected chi connectivity index (χ0v) is 13.7. The molecule has 2 heterocycles. The predicted octanol–water partition coefficient (Wildman–Crippen LogP) is 2.34. The quantitative estimate of drug-likeness (QED) is 0.578. The first-order valence-corrected chi connectivity index (χ1v) is 7.82. The van der Waals surface area contributed by atoms with Crippen LogP contribution in [-0.2, 0) is 13.5 Å². The van der Waals surface area contributed by atoms with Gasteiger partial charge in [0.1, 0.15) is 17.1 Å². The first-order valence-electron chi connectivity index (χ1n) is 7.82. The van der Waals surface area contributed by atoms with Crippen LogP contribution in [0.5, 0.6) is 11.8 Å². The van der Waals surface area contributed by atoms with Crippen LogP contribution in [-0.4, -0.2) is 31.3 Å². The van der Waals surface area contributed by atoms with Gasteiger partial charge in [0.2, 0.25) is 23.3 Å². The zero-order valence-electron chi connectivity index (χ0n) is 13.7. The molecule has 0 saturated carbocycles. The van der Waals surface area contributed by atoms with Gasteiger partial charge in [-0.25, -0.2) is 4.39 Å². The third-order valence-corrected chi connectivity index (χ3v) is 4.51. The molecule has 1 aromatic carbocycles. The topological polar surface area (TPSA) is 92.4 Å². The Morgan fingerprint density at radius 2 is 1.62 bits per heavy atom. The summed E-state index contributed by atoms with van der Waals surface area (Å²) in [6.07, 6.45) is 1.87. The van der Waals surface area contributed by atoms with E-state index in [1.54, 1.807) is 18.2 Å². The smallest absolute Gasteiger partial charge is 0.218 e. The van der Waals surface area contributed by atoms with Crippen LogP contribution in [0.2, 0.25) is 0 Å². The van der Waals surface area contributed by atoms with E-state index in [0.29, 0.717) is 12.0 Å². The van der Waals surface area contributed by atoms with Gasteiger partial charge in [0.15, 0.2) is 0 Å². The van der Waals surface area contributed by atoms with E-state index in [9.17, 15) is 24.2 Å². The second kappa shape index (κ2) is 5.52. The van der Waals surface area contributed by atoms with Gasteiger partial charge in [0.25, 0.3) is 0 Å². The number of benzene rings is 1. The van der Waals surface area contributed by atoms with Crippen molar-refractivity contribution in [1.29, 1.82) is 0 Å². The minimum atomic E-state index is -0.615. The van der Waals surface area contributed by atoms with Crippen molar-refractivity contribution in [3.63, 3.8) is 0 Å². The number of ketones is 2. The van der Waals surface area contributed by atoms with Crippen molar-refractivity contribution < 1.29 is 24.2 Å². The summed E-state index contributed by atoms with van der Waals surface area (Å²) in [7, 11) is 1.35. The largest absolute Gasteiger partial charge is 0.494 e. The molecule has 26 heavy (non-hydrogen) atoms. The maximum atomic E-state index is 13.0. The third kappa shape index (κ3) is 2.21. The summed E-state index contributed by atoms with van der Waals surface area (Å²) in [5, 5.41) is 20.1. The molecule has 0 radical (unpaired) electrons. The highest BCUT2D eigenvalue weighted by molar-refractivity contribution is 6.29. The van der Waals surface area contributed by atoms with E-state index in [1.807, 2.05) is 0 Å². The highest BCUT2D eigenvalue weighted by Gasteiger charge is 2.39. The van der Waals surface area contributed by atoms with Crippen LogP contribution in [0.3, 0.4) is 0 Å². The van der Waals surface area contributed by atoms with E-state index in [0.717, 1.165) is 10.1 Å². The average Bonchev–Trinajstić information content (AvgIpc) is 2.86. The van der Waals surface area contributed by atoms with Crippen molar-refractivity contribution in [2.75, 3.05) is 0 Å². The summed E-state index contributed by atoms with van der Waals surface area (Å²) >= 11 is 0. The van der Waals surface area contributed by atoms with Gasteiger partial charge in [-0.1, -0.05) is 12.1 Å². The number of rotatable bonds is 2. The molecule has 4 rings (SSSR count). The summed E-state index contributed by atoms with van der Waals surface area (Å²) in [6, 6.07) is 7.47. The molecule has 130 valence electrons. The second-order valence-electron chi connectivity index (χ2n) is 6.16. The van der Waals surface area contributed by atoms with Gasteiger partial charge in [0.05, 0.1) is 11.1 Å². The molecule has 0 unspecified atom stereocenters. The molecular weight excluding hydrogens is 339 g/mol. The maximum absolute atomic E-state index is 13.0. The lowest BCUT2D eigenvalue weighted by Gasteiger charge is -2.14. The summed E-state index contributed by atoms with van der Waals surface area (Å²) in [6.45, 7) is 0. The molecule has 0 bridgehead atoms. The number of pyridine rings is 1. The Bertz CT molecular complexity index is 1080. The maximum Gasteiger partial charge on any atom is 0.218 e. The Morgan fingerprint density at radius 1 is 1.00 bits per heavy atom. The molecule has 0 spiro atoms. The highest BCUT2D eigenvalue weighted by atomic mass is 19.1. The number of carbonyl (C=O) groups is 2. The van der Waals surface area contributed by atoms with E-state index in [-0.39, 0.29) is 28.2 Å². The Kier molecular flexibility index (Phi) is 3.40. The van der Waals surface area contributed by atoms with Crippen LogP contribution >= 0.6 is 0 Å². The Morgan fingerprint density at radius 3 is 2.27 bits per heavy atom. The van der Waals surface area contributed by atoms with Gasteiger partial charge in [-0.3, -0.25) is 19.1 Å². The summed E-state index contributed by atoms with van der Waals surface area (Å²) in [4.78, 5) is 29.5. The van der Waals surface area contributed by atoms with Crippen molar-refractivity contribution in [2.24, 2.45) is 7.05 Å². The van der Waals surface area contributed by atoms with E-state index >= 15 is 0 Å². The number of aromatic hydroxyl groups is 2. The lowest BCUT2D eigenvalue weighted by molar-refractivity contribution is 0.0972. The Balaban J connectivity index is 1.79. The summed E-state index contributed by atoms with van der Waals surface area (Å²) in [5.74, 6) is -2.47. The molecule has 0 saturated heterocycles. The monoisotopic (exact) mass is 352 g/mol. The third-order valence-electron chi connectivity index (χ3n) is 4.51. The molecular formula is C19H13FN2O4. The standard InChI is InChI=1S/C19H13FN2O4/c1-22-18(25)13-14(19(22)26)17(24)15-12(16(13)23)7-10(8-21-15)6-9-2-4-11(20)5-3-9/h2-5,7-8,25-26H,6H2,1H3. The van der Waals surface area contributed by atoms with Gasteiger partial charge >= 0.3 is 0 Å². The number of fused-ring (bicyclic) bond motifs is 2. The number of carbonyl (C=O) groups excluding carboxylic acids is 2. The fourth-order valence-electron chi connectivity index (χ4n) is 3.14. The number of hydrogen-bond acceptors (Lipinski definition) is 5. The Hall–Kier alpha value is -3.48. The molecule has 0 fully saturated rings. The van der Waals surface area contributed by atoms with Gasteiger partial charge in [-0.05, 0) is 35.7 Å². The van der Waals surface area contributed by atoms with Crippen molar-refractivity contribution in [3.05, 3.63) is 75.9 Å². The molecule has 1 aliphatic carbocycles. The van der Waals surface area contributed by atoms with Gasteiger partial charge in [0, 0.05) is 13.2 Å². The zero-order chi connectivity index (χ0) is 18.6. The lowest BCUT2D eigenvalue weighted by Crippen LogP contribution is -2.21. The fraction of sp³-hybridized carbons (Fsp3) is 0.105. The highest BCUT2D eigenvalue weighted by Crippen LogP contribution is 2.39. The van der Waals surface area contributed by atoms with Crippen LogP contribution in [0.15, 0.2) is 36.5 Å². The molecule has 3 aromatic rings. The van der Waals surface area contributed by atoms with Gasteiger partial charge < -0.3 is 10.2 Å². The van der Waals surface area contributed by atoms with E-state index in [2.05, 4.69) is 4.98 Å². The Labute approximate surface area is 147 Å². The summed E-state index contributed by atoms with van der Waals surface area (Å²) < 4.78 is 14.0. The number of hydrogen-bond donors (Lipinski definition) is 2. The fourth-order valence-corrected chi connectivity index (χ4v) is 3.14. The molecule has 1 aliphatic rings. The lowest BCUT2D eigenvalue weighted by atomic mass is 9.88. The molecule has 6 nitrogen and oxygen atoms in total.